The van der Waals surface area contributed by atoms with E-state index in [0.717, 1.165) is 17.1 Å². The van der Waals surface area contributed by atoms with Gasteiger partial charge >= 0.3 is 0 Å². The number of rotatable bonds is 4. The first-order valence-electron chi connectivity index (χ1n) is 5.76. The molecule has 1 aliphatic carbocycles. The van der Waals surface area contributed by atoms with Crippen molar-refractivity contribution in [3.8, 4) is 5.75 Å². The molecule has 1 saturated carbocycles. The minimum Gasteiger partial charge on any atom is -0.497 e. The van der Waals surface area contributed by atoms with Gasteiger partial charge in [-0.05, 0) is 35.8 Å². The summed E-state index contributed by atoms with van der Waals surface area (Å²) < 4.78 is 5.18. The van der Waals surface area contributed by atoms with Crippen LogP contribution >= 0.6 is 0 Å². The van der Waals surface area contributed by atoms with Crippen LogP contribution in [0, 0.1) is 0 Å². The second-order valence-corrected chi connectivity index (χ2v) is 4.30. The summed E-state index contributed by atoms with van der Waals surface area (Å²) in [6, 6.07) is 7.91. The molecule has 3 rings (SSSR count). The van der Waals surface area contributed by atoms with E-state index >= 15 is 0 Å². The smallest absolute Gasteiger partial charge is 0.177 e. The Kier molecular flexibility index (Phi) is 2.51. The molecule has 1 fully saturated rings. The second kappa shape index (κ2) is 4.16. The van der Waals surface area contributed by atoms with Crippen LogP contribution in [0.15, 0.2) is 24.3 Å². The Hall–Kier alpha value is -1.91. The Balaban J connectivity index is 1.75. The first kappa shape index (κ1) is 10.3. The lowest BCUT2D eigenvalue weighted by Gasteiger charge is -2.02. The van der Waals surface area contributed by atoms with Gasteiger partial charge in [0.2, 0.25) is 0 Å². The van der Waals surface area contributed by atoms with Crippen LogP contribution in [0.4, 0.5) is 0 Å². The molecule has 1 heterocycles. The maximum absolute atomic E-state index is 5.18. The molecular weight excluding hydrogens is 216 g/mol. The molecule has 1 aromatic heterocycles. The topological polar surface area (TPSA) is 52.8 Å². The molecule has 1 aromatic carbocycles. The number of benzene rings is 1. The van der Waals surface area contributed by atoms with Crippen LogP contribution in [0.3, 0.4) is 0 Å². The standard InChI is InChI=1S/C12H14N4O/c1-17-11-4-2-3-9(7-11)8-16-14-12(13-15-16)10-5-6-10/h2-4,7,10H,5-6,8H2,1H3. The van der Waals surface area contributed by atoms with E-state index in [4.69, 9.17) is 4.74 Å². The summed E-state index contributed by atoms with van der Waals surface area (Å²) in [6.07, 6.45) is 2.40. The minimum atomic E-state index is 0.550. The fourth-order valence-electron chi connectivity index (χ4n) is 1.76. The SMILES string of the molecule is COc1cccc(Cn2nnc(C3CC3)n2)c1. The van der Waals surface area contributed by atoms with Crippen LogP contribution in [0.25, 0.3) is 0 Å². The zero-order valence-corrected chi connectivity index (χ0v) is 9.71. The number of ether oxygens (including phenoxy) is 1. The summed E-state index contributed by atoms with van der Waals surface area (Å²) >= 11 is 0. The van der Waals surface area contributed by atoms with Crippen molar-refractivity contribution in [3.63, 3.8) is 0 Å². The Bertz CT molecular complexity index is 519. The van der Waals surface area contributed by atoms with Gasteiger partial charge in [0, 0.05) is 5.92 Å². The number of methoxy groups -OCH3 is 1. The molecule has 5 heteroatoms. The highest BCUT2D eigenvalue weighted by Crippen LogP contribution is 2.37. The highest BCUT2D eigenvalue weighted by Gasteiger charge is 2.28. The van der Waals surface area contributed by atoms with Crippen molar-refractivity contribution in [2.24, 2.45) is 0 Å². The molecule has 0 N–H and O–H groups in total. The Morgan fingerprint density at radius 2 is 2.29 bits per heavy atom. The van der Waals surface area contributed by atoms with E-state index in [1.54, 1.807) is 11.9 Å². The molecule has 2 aromatic rings. The number of hydrogen-bond acceptors (Lipinski definition) is 4. The summed E-state index contributed by atoms with van der Waals surface area (Å²) in [4.78, 5) is 1.64. The lowest BCUT2D eigenvalue weighted by atomic mass is 10.2. The van der Waals surface area contributed by atoms with Gasteiger partial charge in [-0.25, -0.2) is 0 Å². The first-order valence-corrected chi connectivity index (χ1v) is 5.76. The van der Waals surface area contributed by atoms with Gasteiger partial charge in [0.05, 0.1) is 13.7 Å². The lowest BCUT2D eigenvalue weighted by Crippen LogP contribution is -2.04. The van der Waals surface area contributed by atoms with Crippen molar-refractivity contribution < 1.29 is 4.74 Å². The number of aromatic nitrogens is 4. The highest BCUT2D eigenvalue weighted by atomic mass is 16.5. The van der Waals surface area contributed by atoms with E-state index in [-0.39, 0.29) is 0 Å². The molecule has 5 nitrogen and oxygen atoms in total. The zero-order valence-electron chi connectivity index (χ0n) is 9.71. The van der Waals surface area contributed by atoms with Crippen molar-refractivity contribution in [1.29, 1.82) is 0 Å². The molecule has 0 radical (unpaired) electrons. The van der Waals surface area contributed by atoms with Gasteiger partial charge in [0.25, 0.3) is 0 Å². The maximum Gasteiger partial charge on any atom is 0.177 e. The van der Waals surface area contributed by atoms with Gasteiger partial charge in [-0.15, -0.1) is 10.2 Å². The third-order valence-electron chi connectivity index (χ3n) is 2.87. The van der Waals surface area contributed by atoms with Gasteiger partial charge in [0.15, 0.2) is 5.82 Å². The van der Waals surface area contributed by atoms with E-state index in [9.17, 15) is 0 Å². The predicted octanol–water partition coefficient (Wildman–Crippen LogP) is 1.61. The lowest BCUT2D eigenvalue weighted by molar-refractivity contribution is 0.413. The van der Waals surface area contributed by atoms with Crippen LogP contribution < -0.4 is 4.74 Å². The van der Waals surface area contributed by atoms with Crippen molar-refractivity contribution in [3.05, 3.63) is 35.7 Å². The fourth-order valence-corrected chi connectivity index (χ4v) is 1.76. The summed E-state index contributed by atoms with van der Waals surface area (Å²) in [5.74, 6) is 2.28. The third-order valence-corrected chi connectivity index (χ3v) is 2.87. The molecule has 0 spiro atoms. The fraction of sp³-hybridized carbons (Fsp3) is 0.417. The number of tetrazole rings is 1. The van der Waals surface area contributed by atoms with Crippen LogP contribution in [-0.4, -0.2) is 27.3 Å². The predicted molar refractivity (Wildman–Crippen MR) is 61.9 cm³/mol. The summed E-state index contributed by atoms with van der Waals surface area (Å²) in [7, 11) is 1.66. The maximum atomic E-state index is 5.18. The first-order chi connectivity index (χ1) is 8.35. The largest absolute Gasteiger partial charge is 0.497 e. The van der Waals surface area contributed by atoms with Crippen molar-refractivity contribution >= 4 is 0 Å². The Morgan fingerprint density at radius 1 is 1.41 bits per heavy atom. The van der Waals surface area contributed by atoms with Crippen LogP contribution in [-0.2, 0) is 6.54 Å². The molecule has 88 valence electrons. The Morgan fingerprint density at radius 3 is 3.06 bits per heavy atom. The van der Waals surface area contributed by atoms with Gasteiger partial charge in [-0.1, -0.05) is 12.1 Å². The van der Waals surface area contributed by atoms with Crippen LogP contribution in [0.2, 0.25) is 0 Å². The van der Waals surface area contributed by atoms with E-state index in [1.807, 2.05) is 24.3 Å². The van der Waals surface area contributed by atoms with Gasteiger partial charge in [-0.2, -0.15) is 4.80 Å². The summed E-state index contributed by atoms with van der Waals surface area (Å²) in [5.41, 5.74) is 1.11. The van der Waals surface area contributed by atoms with E-state index in [0.29, 0.717) is 12.5 Å². The normalized spacial score (nSPS) is 14.9. The van der Waals surface area contributed by atoms with Gasteiger partial charge < -0.3 is 4.74 Å². The molecule has 0 saturated heterocycles. The minimum absolute atomic E-state index is 0.550. The molecular formula is C12H14N4O. The average Bonchev–Trinajstić information content (AvgIpc) is 3.11. The van der Waals surface area contributed by atoms with Crippen LogP contribution in [0.1, 0.15) is 30.1 Å². The van der Waals surface area contributed by atoms with Gasteiger partial charge in [0.1, 0.15) is 5.75 Å². The second-order valence-electron chi connectivity index (χ2n) is 4.30. The summed E-state index contributed by atoms with van der Waals surface area (Å²) in [6.45, 7) is 0.636. The molecule has 0 unspecified atom stereocenters. The van der Waals surface area contributed by atoms with Crippen molar-refractivity contribution in [2.75, 3.05) is 7.11 Å². The number of hydrogen-bond donors (Lipinski definition) is 0. The van der Waals surface area contributed by atoms with Crippen molar-refractivity contribution in [2.45, 2.75) is 25.3 Å². The zero-order chi connectivity index (χ0) is 11.7. The van der Waals surface area contributed by atoms with E-state index in [2.05, 4.69) is 15.4 Å². The van der Waals surface area contributed by atoms with Crippen LogP contribution in [0.5, 0.6) is 5.75 Å². The quantitative estimate of drug-likeness (QED) is 0.800. The molecule has 0 aliphatic heterocycles. The van der Waals surface area contributed by atoms with E-state index in [1.165, 1.54) is 12.8 Å². The van der Waals surface area contributed by atoms with Gasteiger partial charge in [-0.3, -0.25) is 0 Å². The van der Waals surface area contributed by atoms with Crippen molar-refractivity contribution in [1.82, 2.24) is 20.2 Å². The highest BCUT2D eigenvalue weighted by molar-refractivity contribution is 5.28. The third kappa shape index (κ3) is 2.27. The average molecular weight is 230 g/mol. The number of nitrogens with zero attached hydrogens (tertiary/aromatic N) is 4. The van der Waals surface area contributed by atoms with E-state index < -0.39 is 0 Å². The molecule has 0 amide bonds. The molecule has 0 atom stereocenters. The molecule has 17 heavy (non-hydrogen) atoms. The Labute approximate surface area is 99.4 Å². The summed E-state index contributed by atoms with van der Waals surface area (Å²) in [5, 5.41) is 12.5. The molecule has 1 aliphatic rings. The molecule has 0 bridgehead atoms. The monoisotopic (exact) mass is 230 g/mol.